The molecule has 0 amide bonds. The highest BCUT2D eigenvalue weighted by atomic mass is 35.5. The van der Waals surface area contributed by atoms with Crippen molar-refractivity contribution < 1.29 is 22.0 Å². The van der Waals surface area contributed by atoms with E-state index in [1.54, 1.807) is 0 Å². The minimum atomic E-state index is -5.54. The molecular weight excluding hydrogens is 192 g/mol. The summed E-state index contributed by atoms with van der Waals surface area (Å²) in [6.07, 6.45) is -5.54. The SMILES string of the molecule is C[C@@H](N)C(F)(F)C(F)(F)F.Cl. The summed E-state index contributed by atoms with van der Waals surface area (Å²) in [6, 6.07) is -2.20. The Balaban J connectivity index is 0. The molecule has 11 heavy (non-hydrogen) atoms. The van der Waals surface area contributed by atoms with Gasteiger partial charge in [0.05, 0.1) is 6.04 Å². The van der Waals surface area contributed by atoms with Crippen LogP contribution in [0, 0.1) is 0 Å². The Hall–Kier alpha value is -0.100. The lowest BCUT2D eigenvalue weighted by Gasteiger charge is -2.22. The van der Waals surface area contributed by atoms with E-state index < -0.39 is 18.1 Å². The topological polar surface area (TPSA) is 26.0 Å². The molecule has 0 aromatic carbocycles. The standard InChI is InChI=1S/C4H6F5N.ClH/c1-2(10)3(5,6)4(7,8)9;/h2H,10H2,1H3;1H/t2-;/m1./s1. The highest BCUT2D eigenvalue weighted by Gasteiger charge is 2.59. The van der Waals surface area contributed by atoms with Crippen LogP contribution < -0.4 is 5.73 Å². The summed E-state index contributed by atoms with van der Waals surface area (Å²) in [5.74, 6) is -4.78. The summed E-state index contributed by atoms with van der Waals surface area (Å²) in [7, 11) is 0. The van der Waals surface area contributed by atoms with Crippen molar-refractivity contribution in [2.45, 2.75) is 25.1 Å². The third kappa shape index (κ3) is 2.78. The van der Waals surface area contributed by atoms with E-state index in [0.29, 0.717) is 6.92 Å². The molecule has 0 heterocycles. The average molecular weight is 200 g/mol. The second kappa shape index (κ2) is 3.53. The van der Waals surface area contributed by atoms with Gasteiger partial charge in [0.1, 0.15) is 0 Å². The fourth-order valence-electron chi connectivity index (χ4n) is 0.258. The van der Waals surface area contributed by atoms with Gasteiger partial charge in [0, 0.05) is 0 Å². The first-order valence-corrected chi connectivity index (χ1v) is 2.39. The molecule has 0 rings (SSSR count). The van der Waals surface area contributed by atoms with E-state index in [4.69, 9.17) is 0 Å². The van der Waals surface area contributed by atoms with Crippen molar-refractivity contribution in [3.63, 3.8) is 0 Å². The summed E-state index contributed by atoms with van der Waals surface area (Å²) in [5, 5.41) is 0. The monoisotopic (exact) mass is 199 g/mol. The van der Waals surface area contributed by atoms with Gasteiger partial charge < -0.3 is 5.73 Å². The fraction of sp³-hybridized carbons (Fsp3) is 1.00. The van der Waals surface area contributed by atoms with Gasteiger partial charge in [0.25, 0.3) is 0 Å². The van der Waals surface area contributed by atoms with E-state index in [-0.39, 0.29) is 12.4 Å². The van der Waals surface area contributed by atoms with Crippen LogP contribution in [0.15, 0.2) is 0 Å². The predicted molar refractivity (Wildman–Crippen MR) is 31.9 cm³/mol. The van der Waals surface area contributed by atoms with E-state index in [2.05, 4.69) is 5.73 Å². The molecule has 70 valence electrons. The van der Waals surface area contributed by atoms with Crippen molar-refractivity contribution >= 4 is 12.4 Å². The van der Waals surface area contributed by atoms with E-state index >= 15 is 0 Å². The lowest BCUT2D eigenvalue weighted by atomic mass is 10.2. The smallest absolute Gasteiger partial charge is 0.323 e. The molecule has 0 aromatic heterocycles. The highest BCUT2D eigenvalue weighted by molar-refractivity contribution is 5.85. The van der Waals surface area contributed by atoms with Crippen molar-refractivity contribution in [3.05, 3.63) is 0 Å². The maximum atomic E-state index is 11.8. The Morgan fingerprint density at radius 1 is 1.09 bits per heavy atom. The first kappa shape index (κ1) is 13.5. The van der Waals surface area contributed by atoms with E-state index in [0.717, 1.165) is 0 Å². The highest BCUT2D eigenvalue weighted by Crippen LogP contribution is 2.36. The number of nitrogens with two attached hydrogens (primary N) is 1. The first-order valence-electron chi connectivity index (χ1n) is 2.39. The molecular formula is C4H7ClF5N. The zero-order chi connectivity index (χ0) is 8.58. The van der Waals surface area contributed by atoms with Crippen LogP contribution in [-0.4, -0.2) is 18.1 Å². The van der Waals surface area contributed by atoms with Gasteiger partial charge in [0.15, 0.2) is 0 Å². The normalized spacial score (nSPS) is 15.5. The third-order valence-corrected chi connectivity index (χ3v) is 0.950. The maximum Gasteiger partial charge on any atom is 0.454 e. The molecule has 0 aliphatic heterocycles. The van der Waals surface area contributed by atoms with Gasteiger partial charge in [0.2, 0.25) is 0 Å². The molecule has 0 radical (unpaired) electrons. The molecule has 0 fully saturated rings. The van der Waals surface area contributed by atoms with E-state index in [1.807, 2.05) is 0 Å². The molecule has 0 saturated heterocycles. The minimum absolute atomic E-state index is 0. The Morgan fingerprint density at radius 2 is 1.36 bits per heavy atom. The van der Waals surface area contributed by atoms with Gasteiger partial charge in [-0.1, -0.05) is 0 Å². The van der Waals surface area contributed by atoms with Crippen LogP contribution in [0.1, 0.15) is 6.92 Å². The molecule has 0 aliphatic carbocycles. The van der Waals surface area contributed by atoms with Crippen LogP contribution in [0.4, 0.5) is 22.0 Å². The zero-order valence-corrected chi connectivity index (χ0v) is 6.27. The summed E-state index contributed by atoms with van der Waals surface area (Å²) in [5.41, 5.74) is 4.39. The molecule has 0 unspecified atom stereocenters. The quantitative estimate of drug-likeness (QED) is 0.642. The lowest BCUT2D eigenvalue weighted by Crippen LogP contribution is -2.49. The number of alkyl halides is 5. The molecule has 7 heteroatoms. The molecule has 0 aliphatic rings. The van der Waals surface area contributed by atoms with Crippen LogP contribution in [0.3, 0.4) is 0 Å². The van der Waals surface area contributed by atoms with Gasteiger partial charge in [-0.25, -0.2) is 0 Å². The van der Waals surface area contributed by atoms with Crippen molar-refractivity contribution in [2.75, 3.05) is 0 Å². The van der Waals surface area contributed by atoms with Crippen LogP contribution in [-0.2, 0) is 0 Å². The number of halogens is 6. The summed E-state index contributed by atoms with van der Waals surface area (Å²) in [4.78, 5) is 0. The van der Waals surface area contributed by atoms with Gasteiger partial charge in [-0.05, 0) is 6.92 Å². The molecule has 0 aromatic rings. The third-order valence-electron chi connectivity index (χ3n) is 0.950. The predicted octanol–water partition coefficient (Wildman–Crippen LogP) is 1.95. The second-order valence-electron chi connectivity index (χ2n) is 1.91. The Bertz CT molecular complexity index is 120. The fourth-order valence-corrected chi connectivity index (χ4v) is 0.258. The molecule has 0 spiro atoms. The van der Waals surface area contributed by atoms with Crippen molar-refractivity contribution in [1.29, 1.82) is 0 Å². The molecule has 1 atom stereocenters. The Labute approximate surface area is 66.2 Å². The summed E-state index contributed by atoms with van der Waals surface area (Å²) in [6.45, 7) is 0.605. The summed E-state index contributed by atoms with van der Waals surface area (Å²) >= 11 is 0. The summed E-state index contributed by atoms with van der Waals surface area (Å²) < 4.78 is 57.4. The largest absolute Gasteiger partial charge is 0.454 e. The van der Waals surface area contributed by atoms with Crippen LogP contribution in [0.2, 0.25) is 0 Å². The maximum absolute atomic E-state index is 11.8. The van der Waals surface area contributed by atoms with Gasteiger partial charge in [-0.2, -0.15) is 22.0 Å². The van der Waals surface area contributed by atoms with Gasteiger partial charge >= 0.3 is 12.1 Å². The van der Waals surface area contributed by atoms with Crippen LogP contribution >= 0.6 is 12.4 Å². The van der Waals surface area contributed by atoms with E-state index in [9.17, 15) is 22.0 Å². The number of hydrogen-bond acceptors (Lipinski definition) is 1. The Morgan fingerprint density at radius 3 is 1.36 bits per heavy atom. The number of rotatable bonds is 1. The minimum Gasteiger partial charge on any atom is -0.323 e. The van der Waals surface area contributed by atoms with Crippen LogP contribution in [0.25, 0.3) is 0 Å². The van der Waals surface area contributed by atoms with Crippen LogP contribution in [0.5, 0.6) is 0 Å². The van der Waals surface area contributed by atoms with E-state index in [1.165, 1.54) is 0 Å². The zero-order valence-electron chi connectivity index (χ0n) is 5.45. The second-order valence-corrected chi connectivity index (χ2v) is 1.91. The molecule has 1 nitrogen and oxygen atoms in total. The van der Waals surface area contributed by atoms with Crippen molar-refractivity contribution in [3.8, 4) is 0 Å². The van der Waals surface area contributed by atoms with Gasteiger partial charge in [-0.3, -0.25) is 0 Å². The lowest BCUT2D eigenvalue weighted by molar-refractivity contribution is -0.287. The molecule has 0 saturated carbocycles. The Kier molecular flexibility index (Phi) is 4.33. The molecule has 0 bridgehead atoms. The first-order chi connectivity index (χ1) is 4.19. The van der Waals surface area contributed by atoms with Crippen molar-refractivity contribution in [1.82, 2.24) is 0 Å². The average Bonchev–Trinajstić information content (AvgIpc) is 1.62. The van der Waals surface area contributed by atoms with Crippen molar-refractivity contribution in [2.24, 2.45) is 5.73 Å². The number of hydrogen-bond donors (Lipinski definition) is 1. The van der Waals surface area contributed by atoms with Gasteiger partial charge in [-0.15, -0.1) is 12.4 Å². The molecule has 2 N–H and O–H groups in total.